The minimum absolute atomic E-state index is 0.843. The molecule has 12 heavy (non-hydrogen) atoms. The second kappa shape index (κ2) is 4.86. The van der Waals surface area contributed by atoms with Crippen LogP contribution in [0.4, 0.5) is 0 Å². The molecule has 0 aliphatic heterocycles. The van der Waals surface area contributed by atoms with Gasteiger partial charge in [-0.3, -0.25) is 0 Å². The van der Waals surface area contributed by atoms with Crippen LogP contribution in [0.15, 0.2) is 11.3 Å². The van der Waals surface area contributed by atoms with Crippen molar-refractivity contribution >= 4 is 8.07 Å². The molecule has 0 aromatic heterocycles. The van der Waals surface area contributed by atoms with Crippen molar-refractivity contribution in [3.8, 4) is 0 Å². The molecule has 1 heteroatoms. The van der Waals surface area contributed by atoms with Crippen LogP contribution in [0, 0.1) is 5.92 Å². The molecule has 0 atom stereocenters. The van der Waals surface area contributed by atoms with Gasteiger partial charge in [-0.05, 0) is 25.7 Å². The molecule has 0 saturated carbocycles. The lowest BCUT2D eigenvalue weighted by Crippen LogP contribution is -2.21. The Morgan fingerprint density at radius 2 is 1.75 bits per heavy atom. The maximum absolute atomic E-state index is 2.45. The molecule has 0 aliphatic carbocycles. The van der Waals surface area contributed by atoms with Crippen molar-refractivity contribution in [2.24, 2.45) is 5.92 Å². The summed E-state index contributed by atoms with van der Waals surface area (Å²) in [6, 6.07) is 0. The summed E-state index contributed by atoms with van der Waals surface area (Å²) in [5.41, 5.74) is 0. The van der Waals surface area contributed by atoms with Gasteiger partial charge in [0.05, 0.1) is 8.07 Å². The molecule has 0 aromatic carbocycles. The van der Waals surface area contributed by atoms with Gasteiger partial charge in [-0.2, -0.15) is 0 Å². The Balaban J connectivity index is 3.86. The lowest BCUT2D eigenvalue weighted by molar-refractivity contribution is 0.594. The molecule has 72 valence electrons. The first-order valence-electron chi connectivity index (χ1n) is 5.01. The zero-order valence-electron chi connectivity index (χ0n) is 9.57. The van der Waals surface area contributed by atoms with Crippen molar-refractivity contribution in [2.45, 2.75) is 53.3 Å². The van der Waals surface area contributed by atoms with Gasteiger partial charge < -0.3 is 0 Å². The van der Waals surface area contributed by atoms with E-state index in [4.69, 9.17) is 0 Å². The summed E-state index contributed by atoms with van der Waals surface area (Å²) in [6.45, 7) is 14.1. The fourth-order valence-corrected chi connectivity index (χ4v) is 1.70. The lowest BCUT2D eigenvalue weighted by Gasteiger charge is -2.17. The third-order valence-corrected chi connectivity index (χ3v) is 4.95. The summed E-state index contributed by atoms with van der Waals surface area (Å²) >= 11 is 0. The van der Waals surface area contributed by atoms with Gasteiger partial charge in [-0.15, -0.1) is 0 Å². The smallest absolute Gasteiger partial charge is 0.0716 e. The summed E-state index contributed by atoms with van der Waals surface area (Å²) in [6.07, 6.45) is 5.06. The molecule has 0 spiro atoms. The average Bonchev–Trinajstić information content (AvgIpc) is 1.84. The molecule has 0 amide bonds. The van der Waals surface area contributed by atoms with Gasteiger partial charge in [-0.1, -0.05) is 44.8 Å². The average molecular weight is 184 g/mol. The van der Waals surface area contributed by atoms with Gasteiger partial charge in [0.15, 0.2) is 0 Å². The van der Waals surface area contributed by atoms with E-state index >= 15 is 0 Å². The monoisotopic (exact) mass is 184 g/mol. The van der Waals surface area contributed by atoms with E-state index in [-0.39, 0.29) is 0 Å². The van der Waals surface area contributed by atoms with Crippen LogP contribution in [0.5, 0.6) is 0 Å². The van der Waals surface area contributed by atoms with Gasteiger partial charge in [0, 0.05) is 0 Å². The van der Waals surface area contributed by atoms with Crippen molar-refractivity contribution in [1.82, 2.24) is 0 Å². The zero-order chi connectivity index (χ0) is 9.78. The predicted molar refractivity (Wildman–Crippen MR) is 61.2 cm³/mol. The van der Waals surface area contributed by atoms with Crippen molar-refractivity contribution in [1.29, 1.82) is 0 Å². The van der Waals surface area contributed by atoms with Gasteiger partial charge in [0.2, 0.25) is 0 Å². The Hall–Kier alpha value is -0.0431. The molecule has 0 aromatic rings. The van der Waals surface area contributed by atoms with Crippen LogP contribution < -0.4 is 0 Å². The van der Waals surface area contributed by atoms with Gasteiger partial charge >= 0.3 is 0 Å². The minimum Gasteiger partial charge on any atom is -0.0894 e. The second-order valence-electron chi connectivity index (χ2n) is 5.11. The molecule has 0 radical (unpaired) electrons. The first kappa shape index (κ1) is 12.0. The standard InChI is InChI=1S/C11H24Si/c1-10(2)8-7-9-11(3)12(4,5)6/h9-10H,7-8H2,1-6H3/b11-9-. The molecule has 0 unspecified atom stereocenters. The van der Waals surface area contributed by atoms with Crippen molar-refractivity contribution in [3.63, 3.8) is 0 Å². The Bertz CT molecular complexity index is 149. The number of hydrogen-bond acceptors (Lipinski definition) is 0. The van der Waals surface area contributed by atoms with Crippen LogP contribution >= 0.6 is 0 Å². The number of allylic oxidation sites excluding steroid dienone is 2. The van der Waals surface area contributed by atoms with Crippen LogP contribution in [0.2, 0.25) is 19.6 Å². The maximum Gasteiger partial charge on any atom is 0.0716 e. The Kier molecular flexibility index (Phi) is 4.84. The first-order valence-corrected chi connectivity index (χ1v) is 8.51. The third kappa shape index (κ3) is 5.59. The van der Waals surface area contributed by atoms with E-state index in [1.807, 2.05) is 0 Å². The molecule has 0 saturated heterocycles. The normalized spacial score (nSPS) is 14.1. The first-order chi connectivity index (χ1) is 5.34. The number of rotatable bonds is 4. The summed E-state index contributed by atoms with van der Waals surface area (Å²) in [7, 11) is -0.972. The van der Waals surface area contributed by atoms with Crippen LogP contribution in [-0.4, -0.2) is 8.07 Å². The van der Waals surface area contributed by atoms with E-state index in [1.165, 1.54) is 12.8 Å². The number of hydrogen-bond donors (Lipinski definition) is 0. The molecule has 0 nitrogen and oxygen atoms in total. The van der Waals surface area contributed by atoms with Crippen LogP contribution in [0.3, 0.4) is 0 Å². The SMILES string of the molecule is C/C(=C/CCC(C)C)[Si](C)(C)C. The molecule has 0 fully saturated rings. The Labute approximate surface area is 79.1 Å². The second-order valence-corrected chi connectivity index (χ2v) is 10.4. The molecular weight excluding hydrogens is 160 g/mol. The highest BCUT2D eigenvalue weighted by Gasteiger charge is 2.14. The molecule has 0 aliphatic rings. The third-order valence-electron chi connectivity index (χ3n) is 2.38. The van der Waals surface area contributed by atoms with E-state index in [9.17, 15) is 0 Å². The van der Waals surface area contributed by atoms with Crippen LogP contribution in [0.25, 0.3) is 0 Å². The van der Waals surface area contributed by atoms with Crippen LogP contribution in [-0.2, 0) is 0 Å². The largest absolute Gasteiger partial charge is 0.0894 e. The Morgan fingerprint density at radius 3 is 2.08 bits per heavy atom. The van der Waals surface area contributed by atoms with Crippen LogP contribution in [0.1, 0.15) is 33.6 Å². The highest BCUT2D eigenvalue weighted by atomic mass is 28.3. The maximum atomic E-state index is 2.45. The van der Waals surface area contributed by atoms with E-state index in [0.717, 1.165) is 5.92 Å². The highest BCUT2D eigenvalue weighted by molar-refractivity contribution is 6.82. The van der Waals surface area contributed by atoms with Gasteiger partial charge in [0.1, 0.15) is 0 Å². The molecular formula is C11H24Si. The zero-order valence-corrected chi connectivity index (χ0v) is 10.6. The van der Waals surface area contributed by atoms with Crippen molar-refractivity contribution < 1.29 is 0 Å². The van der Waals surface area contributed by atoms with E-state index in [2.05, 4.69) is 46.5 Å². The van der Waals surface area contributed by atoms with Crippen molar-refractivity contribution in [3.05, 3.63) is 11.3 Å². The topological polar surface area (TPSA) is 0 Å². The molecule has 0 bridgehead atoms. The molecule has 0 heterocycles. The Morgan fingerprint density at radius 1 is 1.25 bits per heavy atom. The molecule has 0 N–H and O–H groups in total. The molecule has 0 rings (SSSR count). The summed E-state index contributed by atoms with van der Waals surface area (Å²) in [5.74, 6) is 0.843. The van der Waals surface area contributed by atoms with Crippen molar-refractivity contribution in [2.75, 3.05) is 0 Å². The van der Waals surface area contributed by atoms with Gasteiger partial charge in [-0.25, -0.2) is 0 Å². The lowest BCUT2D eigenvalue weighted by atomic mass is 10.1. The highest BCUT2D eigenvalue weighted by Crippen LogP contribution is 2.15. The fourth-order valence-electron chi connectivity index (χ4n) is 0.939. The van der Waals surface area contributed by atoms with E-state index in [0.29, 0.717) is 0 Å². The predicted octanol–water partition coefficient (Wildman–Crippen LogP) is 4.25. The van der Waals surface area contributed by atoms with E-state index in [1.54, 1.807) is 5.20 Å². The van der Waals surface area contributed by atoms with Gasteiger partial charge in [0.25, 0.3) is 0 Å². The summed E-state index contributed by atoms with van der Waals surface area (Å²) < 4.78 is 0. The fraction of sp³-hybridized carbons (Fsp3) is 0.818. The minimum atomic E-state index is -0.972. The quantitative estimate of drug-likeness (QED) is 0.573. The van der Waals surface area contributed by atoms with E-state index < -0.39 is 8.07 Å². The summed E-state index contributed by atoms with van der Waals surface area (Å²) in [5, 5.41) is 1.66. The summed E-state index contributed by atoms with van der Waals surface area (Å²) in [4.78, 5) is 0.